The Morgan fingerprint density at radius 2 is 1.60 bits per heavy atom. The van der Waals surface area contributed by atoms with Crippen molar-refractivity contribution in [1.29, 1.82) is 0 Å². The number of ether oxygens (including phenoxy) is 1. The first kappa shape index (κ1) is 31.0. The van der Waals surface area contributed by atoms with Crippen molar-refractivity contribution in [2.24, 2.45) is 0 Å². The van der Waals surface area contributed by atoms with E-state index in [0.717, 1.165) is 16.3 Å². The van der Waals surface area contributed by atoms with E-state index < -0.39 is 28.5 Å². The first-order chi connectivity index (χ1) is 19.1. The maximum Gasteiger partial charge on any atom is 0.264 e. The van der Waals surface area contributed by atoms with E-state index >= 15 is 0 Å². The summed E-state index contributed by atoms with van der Waals surface area (Å²) < 4.78 is 33.9. The summed E-state index contributed by atoms with van der Waals surface area (Å²) in [4.78, 5) is 28.5. The summed E-state index contributed by atoms with van der Waals surface area (Å²) in [5, 5.41) is 3.13. The first-order valence-electron chi connectivity index (χ1n) is 13.1. The molecule has 0 aliphatic carbocycles. The van der Waals surface area contributed by atoms with Crippen LogP contribution in [0.15, 0.2) is 83.8 Å². The quantitative estimate of drug-likeness (QED) is 0.307. The highest BCUT2D eigenvalue weighted by molar-refractivity contribution is 7.92. The standard InChI is InChI=1S/C30H36ClN3O5S/c1-5-22(2)32-30(36)23(3)33(19-18-24-12-8-6-9-13-24)29(35)21-34(25-16-17-28(39-4)27(31)20-25)40(37,38)26-14-10-7-11-15-26/h6-17,20,22-23H,5,18-19,21H2,1-4H3,(H,32,36)/t22-,23-/m1/s1. The Morgan fingerprint density at radius 1 is 0.975 bits per heavy atom. The Bertz CT molecular complexity index is 1390. The maximum atomic E-state index is 13.9. The Kier molecular flexibility index (Phi) is 11.0. The molecular formula is C30H36ClN3O5S. The molecule has 10 heteroatoms. The van der Waals surface area contributed by atoms with E-state index in [2.05, 4.69) is 5.32 Å². The number of nitrogens with zero attached hydrogens (tertiary/aromatic N) is 2. The highest BCUT2D eigenvalue weighted by Crippen LogP contribution is 2.32. The highest BCUT2D eigenvalue weighted by atomic mass is 35.5. The SMILES string of the molecule is CC[C@@H](C)NC(=O)[C@@H](C)N(CCc1ccccc1)C(=O)CN(c1ccc(OC)c(Cl)c1)S(=O)(=O)c1ccccc1. The van der Waals surface area contributed by atoms with E-state index in [4.69, 9.17) is 16.3 Å². The van der Waals surface area contributed by atoms with Crippen LogP contribution >= 0.6 is 11.6 Å². The lowest BCUT2D eigenvalue weighted by atomic mass is 10.1. The molecule has 0 saturated carbocycles. The number of sulfonamides is 1. The van der Waals surface area contributed by atoms with Crippen molar-refractivity contribution >= 4 is 39.1 Å². The number of nitrogens with one attached hydrogen (secondary N) is 1. The summed E-state index contributed by atoms with van der Waals surface area (Å²) in [5.41, 5.74) is 1.19. The van der Waals surface area contributed by atoms with Gasteiger partial charge in [0.15, 0.2) is 0 Å². The number of anilines is 1. The molecule has 0 fully saturated rings. The van der Waals surface area contributed by atoms with Gasteiger partial charge >= 0.3 is 0 Å². The van der Waals surface area contributed by atoms with Crippen molar-refractivity contribution in [2.45, 2.75) is 50.6 Å². The smallest absolute Gasteiger partial charge is 0.264 e. The average Bonchev–Trinajstić information content (AvgIpc) is 2.96. The van der Waals surface area contributed by atoms with Crippen LogP contribution in [0.25, 0.3) is 0 Å². The Morgan fingerprint density at radius 3 is 2.17 bits per heavy atom. The zero-order valence-electron chi connectivity index (χ0n) is 23.2. The van der Waals surface area contributed by atoms with Gasteiger partial charge in [0, 0.05) is 12.6 Å². The van der Waals surface area contributed by atoms with E-state index in [0.29, 0.717) is 12.2 Å². The lowest BCUT2D eigenvalue weighted by molar-refractivity contribution is -0.139. The fourth-order valence-corrected chi connectivity index (χ4v) is 5.77. The molecule has 8 nitrogen and oxygen atoms in total. The molecule has 0 saturated heterocycles. The number of hydrogen-bond donors (Lipinski definition) is 1. The molecule has 0 heterocycles. The molecule has 0 radical (unpaired) electrons. The third-order valence-electron chi connectivity index (χ3n) is 6.69. The molecule has 0 spiro atoms. The molecule has 3 rings (SSSR count). The minimum Gasteiger partial charge on any atom is -0.495 e. The van der Waals surface area contributed by atoms with Gasteiger partial charge in [0.25, 0.3) is 10.0 Å². The maximum absolute atomic E-state index is 13.9. The Hall–Kier alpha value is -3.56. The largest absolute Gasteiger partial charge is 0.495 e. The van der Waals surface area contributed by atoms with Crippen molar-refractivity contribution in [1.82, 2.24) is 10.2 Å². The number of hydrogen-bond acceptors (Lipinski definition) is 5. The van der Waals surface area contributed by atoms with Crippen LogP contribution in [0.5, 0.6) is 5.75 Å². The number of benzene rings is 3. The van der Waals surface area contributed by atoms with Gasteiger partial charge in [-0.3, -0.25) is 13.9 Å². The molecule has 0 aromatic heterocycles. The molecule has 0 unspecified atom stereocenters. The summed E-state index contributed by atoms with van der Waals surface area (Å²) in [6, 6.07) is 21.1. The van der Waals surface area contributed by atoms with Gasteiger partial charge in [-0.05, 0) is 62.6 Å². The van der Waals surface area contributed by atoms with Gasteiger partial charge in [-0.2, -0.15) is 0 Å². The monoisotopic (exact) mass is 585 g/mol. The van der Waals surface area contributed by atoms with E-state index in [-0.39, 0.29) is 34.1 Å². The topological polar surface area (TPSA) is 96.0 Å². The molecule has 0 bridgehead atoms. The number of rotatable bonds is 13. The number of carbonyl (C=O) groups excluding carboxylic acids is 2. The van der Waals surface area contributed by atoms with Crippen molar-refractivity contribution < 1.29 is 22.7 Å². The minimum absolute atomic E-state index is 0.0214. The van der Waals surface area contributed by atoms with Crippen LogP contribution in [0.1, 0.15) is 32.8 Å². The molecule has 214 valence electrons. The van der Waals surface area contributed by atoms with Crippen molar-refractivity contribution in [3.8, 4) is 5.75 Å². The molecule has 0 aliphatic heterocycles. The van der Waals surface area contributed by atoms with Gasteiger partial charge < -0.3 is 15.0 Å². The van der Waals surface area contributed by atoms with Crippen LogP contribution in [0.4, 0.5) is 5.69 Å². The van der Waals surface area contributed by atoms with Gasteiger partial charge in [0.05, 0.1) is 22.7 Å². The fraction of sp³-hybridized carbons (Fsp3) is 0.333. The molecule has 1 N–H and O–H groups in total. The van der Waals surface area contributed by atoms with Gasteiger partial charge in [0.1, 0.15) is 18.3 Å². The number of amides is 2. The third kappa shape index (κ3) is 7.76. The van der Waals surface area contributed by atoms with Crippen molar-refractivity contribution in [2.75, 3.05) is 24.5 Å². The van der Waals surface area contributed by atoms with Gasteiger partial charge in [-0.1, -0.05) is 67.1 Å². The fourth-order valence-electron chi connectivity index (χ4n) is 4.09. The third-order valence-corrected chi connectivity index (χ3v) is 8.77. The van der Waals surface area contributed by atoms with Crippen LogP contribution in [-0.2, 0) is 26.0 Å². The van der Waals surface area contributed by atoms with Crippen molar-refractivity contribution in [3.63, 3.8) is 0 Å². The zero-order valence-corrected chi connectivity index (χ0v) is 24.8. The van der Waals surface area contributed by atoms with Crippen LogP contribution in [0, 0.1) is 0 Å². The van der Waals surface area contributed by atoms with E-state index in [1.165, 1.54) is 36.3 Å². The second kappa shape index (κ2) is 14.2. The van der Waals surface area contributed by atoms with Crippen LogP contribution < -0.4 is 14.4 Å². The van der Waals surface area contributed by atoms with E-state index in [9.17, 15) is 18.0 Å². The second-order valence-corrected chi connectivity index (χ2v) is 11.7. The van der Waals surface area contributed by atoms with E-state index in [1.54, 1.807) is 31.2 Å². The van der Waals surface area contributed by atoms with Crippen LogP contribution in [0.3, 0.4) is 0 Å². The minimum atomic E-state index is -4.17. The van der Waals surface area contributed by atoms with Gasteiger partial charge in [-0.15, -0.1) is 0 Å². The predicted octanol–water partition coefficient (Wildman–Crippen LogP) is 4.92. The summed E-state index contributed by atoms with van der Waals surface area (Å²) >= 11 is 6.35. The first-order valence-corrected chi connectivity index (χ1v) is 14.9. The second-order valence-electron chi connectivity index (χ2n) is 9.46. The Labute approximate surface area is 241 Å². The number of methoxy groups -OCH3 is 1. The number of halogens is 1. The van der Waals surface area contributed by atoms with Gasteiger partial charge in [-0.25, -0.2) is 8.42 Å². The summed E-state index contributed by atoms with van der Waals surface area (Å²) in [6.45, 7) is 5.19. The molecule has 2 amide bonds. The normalized spacial score (nSPS) is 12.7. The number of carbonyl (C=O) groups is 2. The molecular weight excluding hydrogens is 550 g/mol. The molecule has 40 heavy (non-hydrogen) atoms. The van der Waals surface area contributed by atoms with Crippen molar-refractivity contribution in [3.05, 3.63) is 89.4 Å². The molecule has 0 aliphatic rings. The van der Waals surface area contributed by atoms with E-state index in [1.807, 2.05) is 44.2 Å². The lowest BCUT2D eigenvalue weighted by Gasteiger charge is -2.32. The lowest BCUT2D eigenvalue weighted by Crippen LogP contribution is -2.53. The summed E-state index contributed by atoms with van der Waals surface area (Å²) in [6.07, 6.45) is 1.23. The zero-order chi connectivity index (χ0) is 29.3. The predicted molar refractivity (Wildman–Crippen MR) is 158 cm³/mol. The highest BCUT2D eigenvalue weighted by Gasteiger charge is 2.32. The molecule has 3 aromatic carbocycles. The Balaban J connectivity index is 2.00. The summed E-state index contributed by atoms with van der Waals surface area (Å²) in [5.74, 6) is -0.455. The summed E-state index contributed by atoms with van der Waals surface area (Å²) in [7, 11) is -2.71. The van der Waals surface area contributed by atoms with Crippen LogP contribution in [-0.4, -0.2) is 57.4 Å². The van der Waals surface area contributed by atoms with Gasteiger partial charge in [0.2, 0.25) is 11.8 Å². The molecule has 3 aromatic rings. The average molecular weight is 586 g/mol. The van der Waals surface area contributed by atoms with Crippen LogP contribution in [0.2, 0.25) is 5.02 Å². The molecule has 2 atom stereocenters.